The molecule has 0 bridgehead atoms. The maximum atomic E-state index is 13.2. The van der Waals surface area contributed by atoms with Crippen molar-refractivity contribution in [1.82, 2.24) is 4.31 Å². The minimum absolute atomic E-state index is 0.164. The minimum Gasteiger partial charge on any atom is -0.494 e. The Morgan fingerprint density at radius 3 is 2.33 bits per heavy atom. The second kappa shape index (κ2) is 11.5. The first-order chi connectivity index (χ1) is 15.9. The van der Waals surface area contributed by atoms with Gasteiger partial charge in [0.15, 0.2) is 0 Å². The van der Waals surface area contributed by atoms with Gasteiger partial charge in [0.05, 0.1) is 42.5 Å². The number of morpholine rings is 1. The molecule has 1 aliphatic heterocycles. The molecule has 1 fully saturated rings. The van der Waals surface area contributed by atoms with Crippen LogP contribution in [0.2, 0.25) is 0 Å². The van der Waals surface area contributed by atoms with E-state index in [0.29, 0.717) is 38.6 Å². The van der Waals surface area contributed by atoms with Crippen molar-refractivity contribution in [1.29, 1.82) is 0 Å². The minimum atomic E-state index is -3.68. The standard InChI is InChI=1S/C24H33N3O5S/c1-4-26(5-2)23-12-11-21(33(29,30)27-13-15-31-16-14-27)18-22(23)25-24(28)17-19-7-9-20(10-8-19)32-6-3/h7-12,18H,4-6,13-17H2,1-3H3,(H,25,28). The summed E-state index contributed by atoms with van der Waals surface area (Å²) in [5.74, 6) is 0.542. The molecule has 180 valence electrons. The van der Waals surface area contributed by atoms with Crippen LogP contribution in [0.15, 0.2) is 47.4 Å². The van der Waals surface area contributed by atoms with E-state index in [9.17, 15) is 13.2 Å². The van der Waals surface area contributed by atoms with E-state index in [1.807, 2.05) is 45.0 Å². The zero-order chi connectivity index (χ0) is 23.8. The third-order valence-electron chi connectivity index (χ3n) is 5.55. The van der Waals surface area contributed by atoms with Crippen LogP contribution in [-0.4, -0.2) is 64.6 Å². The zero-order valence-corrected chi connectivity index (χ0v) is 20.4. The largest absolute Gasteiger partial charge is 0.494 e. The number of anilines is 2. The lowest BCUT2D eigenvalue weighted by atomic mass is 10.1. The van der Waals surface area contributed by atoms with Gasteiger partial charge >= 0.3 is 0 Å². The predicted octanol–water partition coefficient (Wildman–Crippen LogP) is 3.13. The van der Waals surface area contributed by atoms with Crippen molar-refractivity contribution in [3.8, 4) is 5.75 Å². The van der Waals surface area contributed by atoms with Crippen molar-refractivity contribution in [3.05, 3.63) is 48.0 Å². The molecular weight excluding hydrogens is 442 g/mol. The zero-order valence-electron chi connectivity index (χ0n) is 19.5. The molecule has 1 heterocycles. The van der Waals surface area contributed by atoms with Crippen molar-refractivity contribution in [2.24, 2.45) is 0 Å². The van der Waals surface area contributed by atoms with Crippen LogP contribution in [0.25, 0.3) is 0 Å². The summed E-state index contributed by atoms with van der Waals surface area (Å²) < 4.78 is 38.5. The molecule has 9 heteroatoms. The summed E-state index contributed by atoms with van der Waals surface area (Å²) in [7, 11) is -3.68. The average Bonchev–Trinajstić information content (AvgIpc) is 2.82. The van der Waals surface area contributed by atoms with E-state index in [1.165, 1.54) is 4.31 Å². The molecule has 1 aliphatic rings. The Kier molecular flexibility index (Phi) is 8.71. The lowest BCUT2D eigenvalue weighted by molar-refractivity contribution is -0.115. The number of sulfonamides is 1. The van der Waals surface area contributed by atoms with Gasteiger partial charge in [0.2, 0.25) is 15.9 Å². The Hall–Kier alpha value is -2.62. The Labute approximate surface area is 196 Å². The first-order valence-electron chi connectivity index (χ1n) is 11.4. The van der Waals surface area contributed by atoms with Crippen LogP contribution >= 0.6 is 0 Å². The molecule has 1 saturated heterocycles. The Balaban J connectivity index is 1.85. The number of rotatable bonds is 10. The summed E-state index contributed by atoms with van der Waals surface area (Å²) in [5.41, 5.74) is 2.13. The number of nitrogens with zero attached hydrogens (tertiary/aromatic N) is 2. The van der Waals surface area contributed by atoms with Crippen molar-refractivity contribution in [2.75, 3.05) is 56.2 Å². The van der Waals surface area contributed by atoms with Crippen LogP contribution in [0.3, 0.4) is 0 Å². The Morgan fingerprint density at radius 1 is 1.06 bits per heavy atom. The number of benzene rings is 2. The maximum absolute atomic E-state index is 13.2. The van der Waals surface area contributed by atoms with Gasteiger partial charge in [-0.05, 0) is 56.7 Å². The topological polar surface area (TPSA) is 88.2 Å². The van der Waals surface area contributed by atoms with Gasteiger partial charge < -0.3 is 19.7 Å². The quantitative estimate of drug-likeness (QED) is 0.568. The number of hydrogen-bond acceptors (Lipinski definition) is 6. The summed E-state index contributed by atoms with van der Waals surface area (Å²) in [6, 6.07) is 12.3. The van der Waals surface area contributed by atoms with Crippen molar-refractivity contribution < 1.29 is 22.7 Å². The fourth-order valence-corrected chi connectivity index (χ4v) is 5.24. The van der Waals surface area contributed by atoms with Crippen molar-refractivity contribution in [3.63, 3.8) is 0 Å². The van der Waals surface area contributed by atoms with Crippen LogP contribution in [0, 0.1) is 0 Å². The molecule has 0 spiro atoms. The van der Waals surface area contributed by atoms with Crippen molar-refractivity contribution >= 4 is 27.3 Å². The SMILES string of the molecule is CCOc1ccc(CC(=O)Nc2cc(S(=O)(=O)N3CCOCC3)ccc2N(CC)CC)cc1. The summed E-state index contributed by atoms with van der Waals surface area (Å²) in [6.45, 7) is 9.40. The highest BCUT2D eigenvalue weighted by Gasteiger charge is 2.27. The normalized spacial score (nSPS) is 14.6. The number of ether oxygens (including phenoxy) is 2. The van der Waals surface area contributed by atoms with Crippen LogP contribution in [0.1, 0.15) is 26.3 Å². The molecule has 0 unspecified atom stereocenters. The van der Waals surface area contributed by atoms with Crippen molar-refractivity contribution in [2.45, 2.75) is 32.1 Å². The molecule has 0 atom stereocenters. The molecule has 1 N–H and O–H groups in total. The fourth-order valence-electron chi connectivity index (χ4n) is 3.80. The predicted molar refractivity (Wildman–Crippen MR) is 130 cm³/mol. The molecule has 0 saturated carbocycles. The van der Waals surface area contributed by atoms with E-state index in [1.54, 1.807) is 18.2 Å². The van der Waals surface area contributed by atoms with Crippen LogP contribution in [0.4, 0.5) is 11.4 Å². The molecule has 2 aromatic rings. The van der Waals surface area contributed by atoms with Gasteiger partial charge in [-0.1, -0.05) is 12.1 Å². The lowest BCUT2D eigenvalue weighted by Gasteiger charge is -2.28. The second-order valence-electron chi connectivity index (χ2n) is 7.67. The van der Waals surface area contributed by atoms with Crippen LogP contribution < -0.4 is 15.0 Å². The molecule has 8 nitrogen and oxygen atoms in total. The molecule has 0 aromatic heterocycles. The van der Waals surface area contributed by atoms with Gasteiger partial charge in [-0.2, -0.15) is 4.31 Å². The highest BCUT2D eigenvalue weighted by molar-refractivity contribution is 7.89. The third-order valence-corrected chi connectivity index (χ3v) is 7.45. The van der Waals surface area contributed by atoms with Gasteiger partial charge in [-0.3, -0.25) is 4.79 Å². The van der Waals surface area contributed by atoms with Crippen LogP contribution in [0.5, 0.6) is 5.75 Å². The van der Waals surface area contributed by atoms with E-state index in [0.717, 1.165) is 30.1 Å². The number of carbonyl (C=O) groups excluding carboxylic acids is 1. The Morgan fingerprint density at radius 2 is 1.73 bits per heavy atom. The average molecular weight is 476 g/mol. The first-order valence-corrected chi connectivity index (χ1v) is 12.8. The van der Waals surface area contributed by atoms with Crippen LogP contribution in [-0.2, 0) is 26.0 Å². The first kappa shape index (κ1) is 25.0. The molecular formula is C24H33N3O5S. The summed E-state index contributed by atoms with van der Waals surface area (Å²) in [4.78, 5) is 15.1. The van der Waals surface area contributed by atoms with E-state index in [4.69, 9.17) is 9.47 Å². The molecule has 3 rings (SSSR count). The molecule has 0 radical (unpaired) electrons. The van der Waals surface area contributed by atoms with E-state index in [-0.39, 0.29) is 17.2 Å². The smallest absolute Gasteiger partial charge is 0.243 e. The van der Waals surface area contributed by atoms with Gasteiger partial charge in [-0.15, -0.1) is 0 Å². The third kappa shape index (κ3) is 6.25. The summed E-state index contributed by atoms with van der Waals surface area (Å²) >= 11 is 0. The van der Waals surface area contributed by atoms with Gasteiger partial charge in [-0.25, -0.2) is 8.42 Å². The van der Waals surface area contributed by atoms with E-state index in [2.05, 4.69) is 10.2 Å². The van der Waals surface area contributed by atoms with E-state index < -0.39 is 10.0 Å². The second-order valence-corrected chi connectivity index (χ2v) is 9.61. The number of amides is 1. The number of hydrogen-bond donors (Lipinski definition) is 1. The summed E-state index contributed by atoms with van der Waals surface area (Å²) in [5, 5.41) is 2.94. The summed E-state index contributed by atoms with van der Waals surface area (Å²) in [6.07, 6.45) is 0.171. The molecule has 1 amide bonds. The van der Waals surface area contributed by atoms with Gasteiger partial charge in [0.1, 0.15) is 5.75 Å². The maximum Gasteiger partial charge on any atom is 0.243 e. The highest BCUT2D eigenvalue weighted by atomic mass is 32.2. The molecule has 33 heavy (non-hydrogen) atoms. The number of carbonyl (C=O) groups is 1. The number of nitrogens with one attached hydrogen (secondary N) is 1. The van der Waals surface area contributed by atoms with E-state index >= 15 is 0 Å². The highest BCUT2D eigenvalue weighted by Crippen LogP contribution is 2.30. The molecule has 0 aliphatic carbocycles. The van der Waals surface area contributed by atoms with Gasteiger partial charge in [0, 0.05) is 26.2 Å². The fraction of sp³-hybridized carbons (Fsp3) is 0.458. The monoisotopic (exact) mass is 475 g/mol. The Bertz CT molecular complexity index is 1030. The van der Waals surface area contributed by atoms with Gasteiger partial charge in [0.25, 0.3) is 0 Å². The molecule has 2 aromatic carbocycles. The lowest BCUT2D eigenvalue weighted by Crippen LogP contribution is -2.40.